The topological polar surface area (TPSA) is 54.7 Å². The van der Waals surface area contributed by atoms with E-state index >= 15 is 0 Å². The Bertz CT molecular complexity index is 1030. The van der Waals surface area contributed by atoms with Gasteiger partial charge in [-0.25, -0.2) is 9.50 Å². The summed E-state index contributed by atoms with van der Waals surface area (Å²) in [5.41, 5.74) is 3.23. The van der Waals surface area contributed by atoms with Crippen molar-refractivity contribution in [3.8, 4) is 17.0 Å². The second kappa shape index (κ2) is 7.67. The molecule has 0 aliphatic rings. The number of fused-ring (bicyclic) bond motifs is 1. The van der Waals surface area contributed by atoms with Gasteiger partial charge in [-0.15, -0.1) is 5.10 Å². The van der Waals surface area contributed by atoms with E-state index in [1.165, 1.54) is 11.3 Å². The van der Waals surface area contributed by atoms with Crippen molar-refractivity contribution in [3.05, 3.63) is 60.8 Å². The van der Waals surface area contributed by atoms with Crippen LogP contribution in [0, 0.1) is 0 Å². The number of nitrogens with one attached hydrogen (secondary N) is 1. The molecule has 138 valence electrons. The highest BCUT2D eigenvalue weighted by Gasteiger charge is 2.14. The van der Waals surface area contributed by atoms with Crippen molar-refractivity contribution < 1.29 is 4.74 Å². The van der Waals surface area contributed by atoms with Crippen molar-refractivity contribution in [2.24, 2.45) is 0 Å². The van der Waals surface area contributed by atoms with Gasteiger partial charge in [-0.3, -0.25) is 0 Å². The highest BCUT2D eigenvalue weighted by Crippen LogP contribution is 2.31. The van der Waals surface area contributed by atoms with Crippen LogP contribution in [-0.4, -0.2) is 41.8 Å². The van der Waals surface area contributed by atoms with Gasteiger partial charge < -0.3 is 15.0 Å². The smallest absolute Gasteiger partial charge is 0.214 e. The number of imidazole rings is 1. The van der Waals surface area contributed by atoms with Crippen molar-refractivity contribution in [2.75, 3.05) is 37.5 Å². The third kappa shape index (κ3) is 3.73. The standard InChI is InChI=1S/C20H21N5OS/c1-24(2)17-11-7-6-10-16(17)18-14-22-20-25(18)23-19(27-20)21-12-13-26-15-8-4-3-5-9-15/h3-11,14H,12-13H2,1-2H3,(H,21,23). The monoisotopic (exact) mass is 379 g/mol. The fourth-order valence-corrected chi connectivity index (χ4v) is 3.67. The average Bonchev–Trinajstić information content (AvgIpc) is 3.26. The van der Waals surface area contributed by atoms with Crippen molar-refractivity contribution in [2.45, 2.75) is 0 Å². The third-order valence-electron chi connectivity index (χ3n) is 4.14. The Morgan fingerprint density at radius 1 is 1.07 bits per heavy atom. The molecule has 0 amide bonds. The molecular weight excluding hydrogens is 358 g/mol. The molecule has 2 heterocycles. The summed E-state index contributed by atoms with van der Waals surface area (Å²) in [5, 5.41) is 8.83. The van der Waals surface area contributed by atoms with Gasteiger partial charge in [0, 0.05) is 25.3 Å². The number of para-hydroxylation sites is 2. The highest BCUT2D eigenvalue weighted by molar-refractivity contribution is 7.20. The largest absolute Gasteiger partial charge is 0.492 e. The highest BCUT2D eigenvalue weighted by atomic mass is 32.1. The molecule has 4 rings (SSSR count). The number of nitrogens with zero attached hydrogens (tertiary/aromatic N) is 4. The lowest BCUT2D eigenvalue weighted by Gasteiger charge is -2.16. The summed E-state index contributed by atoms with van der Waals surface area (Å²) < 4.78 is 7.60. The number of ether oxygens (including phenoxy) is 1. The number of anilines is 2. The summed E-state index contributed by atoms with van der Waals surface area (Å²) >= 11 is 1.53. The molecular formula is C20H21N5OS. The first-order valence-corrected chi connectivity index (χ1v) is 9.57. The summed E-state index contributed by atoms with van der Waals surface area (Å²) in [5.74, 6) is 0.871. The van der Waals surface area contributed by atoms with Crippen molar-refractivity contribution in [3.63, 3.8) is 0 Å². The van der Waals surface area contributed by atoms with Crippen LogP contribution in [0.3, 0.4) is 0 Å². The van der Waals surface area contributed by atoms with E-state index in [0.717, 1.165) is 32.8 Å². The second-order valence-corrected chi connectivity index (χ2v) is 7.20. The van der Waals surface area contributed by atoms with Gasteiger partial charge in [0.2, 0.25) is 10.1 Å². The van der Waals surface area contributed by atoms with Gasteiger partial charge in [-0.1, -0.05) is 47.7 Å². The Kier molecular flexibility index (Phi) is 4.93. The zero-order valence-electron chi connectivity index (χ0n) is 15.3. The Morgan fingerprint density at radius 2 is 1.85 bits per heavy atom. The predicted octanol–water partition coefficient (Wildman–Crippen LogP) is 4.01. The molecule has 0 bridgehead atoms. The van der Waals surface area contributed by atoms with Gasteiger partial charge in [0.05, 0.1) is 18.4 Å². The van der Waals surface area contributed by atoms with Gasteiger partial charge in [-0.05, 0) is 18.2 Å². The number of aromatic nitrogens is 3. The molecule has 0 fully saturated rings. The third-order valence-corrected chi connectivity index (χ3v) is 5.02. The molecule has 7 heteroatoms. The Balaban J connectivity index is 1.48. The van der Waals surface area contributed by atoms with Crippen molar-refractivity contribution in [1.82, 2.24) is 14.6 Å². The molecule has 0 saturated carbocycles. The second-order valence-electron chi connectivity index (χ2n) is 6.24. The lowest BCUT2D eigenvalue weighted by Crippen LogP contribution is -2.11. The molecule has 6 nitrogen and oxygen atoms in total. The van der Waals surface area contributed by atoms with E-state index in [0.29, 0.717) is 13.2 Å². The first-order valence-electron chi connectivity index (χ1n) is 8.75. The van der Waals surface area contributed by atoms with E-state index in [1.807, 2.05) is 67.3 Å². The molecule has 0 radical (unpaired) electrons. The molecule has 0 aliphatic carbocycles. The molecule has 2 aromatic carbocycles. The molecule has 4 aromatic rings. The maximum atomic E-state index is 5.70. The molecule has 0 unspecified atom stereocenters. The summed E-state index contributed by atoms with van der Waals surface area (Å²) in [7, 11) is 4.08. The molecule has 0 aliphatic heterocycles. The maximum absolute atomic E-state index is 5.70. The first-order chi connectivity index (χ1) is 13.2. The summed E-state index contributed by atoms with van der Waals surface area (Å²) in [4.78, 5) is 7.49. The van der Waals surface area contributed by atoms with Crippen LogP contribution in [0.2, 0.25) is 0 Å². The Hall–Kier alpha value is -3.06. The quantitative estimate of drug-likeness (QED) is 0.492. The Labute approximate surface area is 162 Å². The van der Waals surface area contributed by atoms with Gasteiger partial charge in [0.15, 0.2) is 0 Å². The normalized spacial score (nSPS) is 10.9. The summed E-state index contributed by atoms with van der Waals surface area (Å²) in [6.45, 7) is 1.25. The molecule has 2 aromatic heterocycles. The zero-order chi connectivity index (χ0) is 18.6. The van der Waals surface area contributed by atoms with E-state index < -0.39 is 0 Å². The minimum atomic E-state index is 0.572. The summed E-state index contributed by atoms with van der Waals surface area (Å²) in [6.07, 6.45) is 1.88. The lowest BCUT2D eigenvalue weighted by atomic mass is 10.1. The minimum absolute atomic E-state index is 0.572. The fourth-order valence-electron chi connectivity index (χ4n) is 2.87. The van der Waals surface area contributed by atoms with Crippen molar-refractivity contribution in [1.29, 1.82) is 0 Å². The average molecular weight is 379 g/mol. The number of benzene rings is 2. The van der Waals surface area contributed by atoms with E-state index in [1.54, 1.807) is 0 Å². The Morgan fingerprint density at radius 3 is 2.67 bits per heavy atom. The van der Waals surface area contributed by atoms with Crippen LogP contribution in [0.1, 0.15) is 0 Å². The van der Waals surface area contributed by atoms with Gasteiger partial charge in [0.25, 0.3) is 0 Å². The van der Waals surface area contributed by atoms with Crippen LogP contribution in [0.5, 0.6) is 5.75 Å². The zero-order valence-corrected chi connectivity index (χ0v) is 16.1. The molecule has 0 saturated heterocycles. The van der Waals surface area contributed by atoms with Crippen molar-refractivity contribution >= 4 is 27.1 Å². The van der Waals surface area contributed by atoms with Gasteiger partial charge in [-0.2, -0.15) is 0 Å². The van der Waals surface area contributed by atoms with Crippen LogP contribution < -0.4 is 15.0 Å². The molecule has 1 N–H and O–H groups in total. The van der Waals surface area contributed by atoms with E-state index in [4.69, 9.17) is 4.74 Å². The lowest BCUT2D eigenvalue weighted by molar-refractivity contribution is 0.333. The minimum Gasteiger partial charge on any atom is -0.492 e. The van der Waals surface area contributed by atoms with E-state index in [-0.39, 0.29) is 0 Å². The van der Waals surface area contributed by atoms with Gasteiger partial charge in [0.1, 0.15) is 12.4 Å². The number of rotatable bonds is 7. The SMILES string of the molecule is CN(C)c1ccccc1-c1cnc2sc(NCCOc3ccccc3)nn12. The van der Waals surface area contributed by atoms with Crippen LogP contribution in [0.25, 0.3) is 16.2 Å². The maximum Gasteiger partial charge on any atom is 0.214 e. The first kappa shape index (κ1) is 17.4. The fraction of sp³-hybridized carbons (Fsp3) is 0.200. The number of hydrogen-bond donors (Lipinski definition) is 1. The van der Waals surface area contributed by atoms with E-state index in [9.17, 15) is 0 Å². The van der Waals surface area contributed by atoms with E-state index in [2.05, 4.69) is 32.4 Å². The molecule has 0 atom stereocenters. The predicted molar refractivity (Wildman–Crippen MR) is 111 cm³/mol. The summed E-state index contributed by atoms with van der Waals surface area (Å²) in [6, 6.07) is 18.1. The number of hydrogen-bond acceptors (Lipinski definition) is 6. The molecule has 27 heavy (non-hydrogen) atoms. The van der Waals surface area contributed by atoms with Crippen LogP contribution in [0.15, 0.2) is 60.8 Å². The molecule has 0 spiro atoms. The van der Waals surface area contributed by atoms with Crippen LogP contribution in [0.4, 0.5) is 10.8 Å². The van der Waals surface area contributed by atoms with Gasteiger partial charge >= 0.3 is 0 Å². The van der Waals surface area contributed by atoms with Crippen LogP contribution >= 0.6 is 11.3 Å². The van der Waals surface area contributed by atoms with Crippen LogP contribution in [-0.2, 0) is 0 Å².